The highest BCUT2D eigenvalue weighted by molar-refractivity contribution is 5.40. The Kier molecular flexibility index (Phi) is 4.43. The van der Waals surface area contributed by atoms with Crippen LogP contribution in [0.3, 0.4) is 0 Å². The lowest BCUT2D eigenvalue weighted by Gasteiger charge is -2.24. The number of hydrogen-bond donors (Lipinski definition) is 1. The normalized spacial score (nSPS) is 12.3. The maximum Gasteiger partial charge on any atom is 0.101 e. The molecule has 1 aromatic carbocycles. The maximum atomic E-state index is 9.05. The molecule has 0 saturated heterocycles. The van der Waals surface area contributed by atoms with E-state index in [4.69, 9.17) is 5.26 Å². The standard InChI is InChI=1S/C17H26N2/c1-12-8-14(16(3,4)5)9-13(2)15(12)10-19-17(6,7)11-18/h8-9,19H,10H2,1-7H3. The fourth-order valence-electron chi connectivity index (χ4n) is 2.05. The van der Waals surface area contributed by atoms with E-state index < -0.39 is 5.54 Å². The van der Waals surface area contributed by atoms with Gasteiger partial charge in [-0.3, -0.25) is 5.32 Å². The summed E-state index contributed by atoms with van der Waals surface area (Å²) in [5, 5.41) is 12.4. The Morgan fingerprint density at radius 3 is 1.89 bits per heavy atom. The van der Waals surface area contributed by atoms with Gasteiger partial charge < -0.3 is 0 Å². The van der Waals surface area contributed by atoms with Crippen LogP contribution in [0.1, 0.15) is 56.9 Å². The van der Waals surface area contributed by atoms with E-state index in [1.807, 2.05) is 13.8 Å². The molecule has 1 N–H and O–H groups in total. The number of nitrogens with one attached hydrogen (secondary N) is 1. The summed E-state index contributed by atoms with van der Waals surface area (Å²) in [5.41, 5.74) is 4.95. The Morgan fingerprint density at radius 1 is 1.05 bits per heavy atom. The van der Waals surface area contributed by atoms with Gasteiger partial charge in [0, 0.05) is 6.54 Å². The number of aryl methyl sites for hydroxylation is 2. The molecule has 2 nitrogen and oxygen atoms in total. The molecule has 0 radical (unpaired) electrons. The number of nitrogens with zero attached hydrogens (tertiary/aromatic N) is 1. The van der Waals surface area contributed by atoms with Crippen LogP contribution in [0.5, 0.6) is 0 Å². The average molecular weight is 258 g/mol. The van der Waals surface area contributed by atoms with Crippen molar-refractivity contribution in [2.75, 3.05) is 0 Å². The molecule has 0 heterocycles. The number of benzene rings is 1. The molecule has 104 valence electrons. The van der Waals surface area contributed by atoms with Crippen molar-refractivity contribution >= 4 is 0 Å². The van der Waals surface area contributed by atoms with Gasteiger partial charge in [0.1, 0.15) is 5.54 Å². The highest BCUT2D eigenvalue weighted by Crippen LogP contribution is 2.27. The molecule has 0 spiro atoms. The van der Waals surface area contributed by atoms with E-state index in [1.54, 1.807) is 0 Å². The minimum atomic E-state index is -0.485. The van der Waals surface area contributed by atoms with E-state index in [2.05, 4.69) is 58.1 Å². The SMILES string of the molecule is Cc1cc(C(C)(C)C)cc(C)c1CNC(C)(C)C#N. The first-order valence-corrected chi connectivity index (χ1v) is 6.84. The van der Waals surface area contributed by atoms with Gasteiger partial charge in [-0.15, -0.1) is 0 Å². The first-order chi connectivity index (χ1) is 8.57. The Bertz CT molecular complexity index is 476. The van der Waals surface area contributed by atoms with Crippen molar-refractivity contribution in [1.29, 1.82) is 5.26 Å². The van der Waals surface area contributed by atoms with E-state index in [0.717, 1.165) is 6.54 Å². The topological polar surface area (TPSA) is 35.8 Å². The second-order valence-corrected chi connectivity index (χ2v) is 6.93. The van der Waals surface area contributed by atoms with Crippen LogP contribution < -0.4 is 5.32 Å². The fraction of sp³-hybridized carbons (Fsp3) is 0.588. The molecule has 0 amide bonds. The van der Waals surface area contributed by atoms with Crippen molar-refractivity contribution < 1.29 is 0 Å². The highest BCUT2D eigenvalue weighted by atomic mass is 14.9. The van der Waals surface area contributed by atoms with Crippen LogP contribution >= 0.6 is 0 Å². The number of hydrogen-bond acceptors (Lipinski definition) is 2. The summed E-state index contributed by atoms with van der Waals surface area (Å²) in [4.78, 5) is 0. The summed E-state index contributed by atoms with van der Waals surface area (Å²) in [5.74, 6) is 0. The summed E-state index contributed by atoms with van der Waals surface area (Å²) in [6, 6.07) is 6.81. The molecule has 19 heavy (non-hydrogen) atoms. The highest BCUT2D eigenvalue weighted by Gasteiger charge is 2.19. The molecule has 0 unspecified atom stereocenters. The van der Waals surface area contributed by atoms with Crippen LogP contribution in [-0.2, 0) is 12.0 Å². The van der Waals surface area contributed by atoms with E-state index in [1.165, 1.54) is 22.3 Å². The quantitative estimate of drug-likeness (QED) is 0.889. The van der Waals surface area contributed by atoms with Crippen LogP contribution in [0.2, 0.25) is 0 Å². The number of nitriles is 1. The third-order valence-corrected chi connectivity index (χ3v) is 3.55. The van der Waals surface area contributed by atoms with Gasteiger partial charge in [-0.1, -0.05) is 32.9 Å². The van der Waals surface area contributed by atoms with Crippen molar-refractivity contribution in [2.24, 2.45) is 0 Å². The zero-order valence-electron chi connectivity index (χ0n) is 13.3. The number of rotatable bonds is 3. The molecule has 0 fully saturated rings. The molecule has 0 saturated carbocycles. The molecule has 1 rings (SSSR count). The minimum Gasteiger partial charge on any atom is -0.296 e. The molecular weight excluding hydrogens is 232 g/mol. The lowest BCUT2D eigenvalue weighted by molar-refractivity contribution is 0.483. The van der Waals surface area contributed by atoms with Gasteiger partial charge in [0.15, 0.2) is 0 Å². The fourth-order valence-corrected chi connectivity index (χ4v) is 2.05. The minimum absolute atomic E-state index is 0.174. The second-order valence-electron chi connectivity index (χ2n) is 6.93. The lowest BCUT2D eigenvalue weighted by atomic mass is 9.83. The molecular formula is C17H26N2. The molecule has 1 aromatic rings. The van der Waals surface area contributed by atoms with Crippen LogP contribution in [0.4, 0.5) is 0 Å². The second kappa shape index (κ2) is 5.35. The van der Waals surface area contributed by atoms with Gasteiger partial charge >= 0.3 is 0 Å². The molecule has 0 bridgehead atoms. The molecule has 2 heteroatoms. The van der Waals surface area contributed by atoms with Crippen LogP contribution in [0.25, 0.3) is 0 Å². The van der Waals surface area contributed by atoms with E-state index in [9.17, 15) is 0 Å². The van der Waals surface area contributed by atoms with Gasteiger partial charge in [0.25, 0.3) is 0 Å². The van der Waals surface area contributed by atoms with Crippen LogP contribution in [0, 0.1) is 25.2 Å². The zero-order chi connectivity index (χ0) is 14.8. The monoisotopic (exact) mass is 258 g/mol. The summed E-state index contributed by atoms with van der Waals surface area (Å²) in [6.45, 7) is 15.6. The van der Waals surface area contributed by atoms with Gasteiger partial charge in [-0.05, 0) is 55.4 Å². The molecule has 0 aliphatic carbocycles. The van der Waals surface area contributed by atoms with Gasteiger partial charge in [-0.25, -0.2) is 0 Å². The summed E-state index contributed by atoms with van der Waals surface area (Å²) >= 11 is 0. The van der Waals surface area contributed by atoms with Crippen LogP contribution in [-0.4, -0.2) is 5.54 Å². The third-order valence-electron chi connectivity index (χ3n) is 3.55. The van der Waals surface area contributed by atoms with Crippen molar-refractivity contribution in [2.45, 2.75) is 66.0 Å². The Morgan fingerprint density at radius 2 is 1.53 bits per heavy atom. The lowest BCUT2D eigenvalue weighted by Crippen LogP contribution is -2.37. The predicted octanol–water partition coefficient (Wildman–Crippen LogP) is 3.99. The van der Waals surface area contributed by atoms with Crippen molar-refractivity contribution in [3.8, 4) is 6.07 Å². The van der Waals surface area contributed by atoms with Crippen LogP contribution in [0.15, 0.2) is 12.1 Å². The average Bonchev–Trinajstić information content (AvgIpc) is 2.26. The molecule has 0 aliphatic heterocycles. The van der Waals surface area contributed by atoms with E-state index in [0.29, 0.717) is 0 Å². The van der Waals surface area contributed by atoms with Gasteiger partial charge in [0.2, 0.25) is 0 Å². The largest absolute Gasteiger partial charge is 0.296 e. The third kappa shape index (κ3) is 4.08. The maximum absolute atomic E-state index is 9.05. The van der Waals surface area contributed by atoms with Crippen molar-refractivity contribution in [1.82, 2.24) is 5.32 Å². The summed E-state index contributed by atoms with van der Waals surface area (Å²) in [7, 11) is 0. The Balaban J connectivity index is 3.03. The van der Waals surface area contributed by atoms with Crippen molar-refractivity contribution in [3.63, 3.8) is 0 Å². The molecule has 0 aromatic heterocycles. The van der Waals surface area contributed by atoms with Crippen molar-refractivity contribution in [3.05, 3.63) is 34.4 Å². The van der Waals surface area contributed by atoms with Gasteiger partial charge in [0.05, 0.1) is 6.07 Å². The van der Waals surface area contributed by atoms with E-state index in [-0.39, 0.29) is 5.41 Å². The first kappa shape index (κ1) is 15.7. The molecule has 0 aliphatic rings. The van der Waals surface area contributed by atoms with Gasteiger partial charge in [-0.2, -0.15) is 5.26 Å². The zero-order valence-corrected chi connectivity index (χ0v) is 13.3. The smallest absolute Gasteiger partial charge is 0.101 e. The molecule has 0 atom stereocenters. The van der Waals surface area contributed by atoms with E-state index >= 15 is 0 Å². The first-order valence-electron chi connectivity index (χ1n) is 6.84. The Labute approximate surface area is 117 Å². The summed E-state index contributed by atoms with van der Waals surface area (Å²) in [6.07, 6.45) is 0. The summed E-state index contributed by atoms with van der Waals surface area (Å²) < 4.78 is 0. The Hall–Kier alpha value is -1.33. The predicted molar refractivity (Wildman–Crippen MR) is 81.1 cm³/mol.